The van der Waals surface area contributed by atoms with E-state index in [1.807, 2.05) is 83.5 Å². The SMILES string of the molecule is NS(=O)(=O)c1ccccc1-c1cc(-c2ccccc2)c2nc(-c3ccccc3)cn2c1. The molecule has 0 amide bonds. The molecule has 5 aromatic rings. The Morgan fingerprint density at radius 2 is 1.29 bits per heavy atom. The van der Waals surface area contributed by atoms with Crippen molar-refractivity contribution in [3.63, 3.8) is 0 Å². The fourth-order valence-electron chi connectivity index (χ4n) is 3.78. The molecule has 0 saturated carbocycles. The van der Waals surface area contributed by atoms with E-state index >= 15 is 0 Å². The van der Waals surface area contributed by atoms with Crippen LogP contribution < -0.4 is 5.14 Å². The Morgan fingerprint density at radius 1 is 0.677 bits per heavy atom. The Morgan fingerprint density at radius 3 is 1.97 bits per heavy atom. The number of nitrogens with zero attached hydrogens (tertiary/aromatic N) is 2. The lowest BCUT2D eigenvalue weighted by Gasteiger charge is -2.11. The maximum Gasteiger partial charge on any atom is 0.238 e. The maximum absolute atomic E-state index is 12.2. The monoisotopic (exact) mass is 425 g/mol. The van der Waals surface area contributed by atoms with Crippen molar-refractivity contribution in [2.45, 2.75) is 4.90 Å². The van der Waals surface area contributed by atoms with Gasteiger partial charge in [0.05, 0.1) is 10.6 Å². The minimum absolute atomic E-state index is 0.0942. The number of benzene rings is 3. The minimum atomic E-state index is -3.88. The van der Waals surface area contributed by atoms with E-state index in [9.17, 15) is 8.42 Å². The van der Waals surface area contributed by atoms with Crippen molar-refractivity contribution in [1.82, 2.24) is 9.38 Å². The van der Waals surface area contributed by atoms with E-state index in [4.69, 9.17) is 10.1 Å². The molecule has 2 heterocycles. The number of imidazole rings is 1. The molecule has 6 heteroatoms. The molecule has 0 atom stereocenters. The topological polar surface area (TPSA) is 77.5 Å². The highest BCUT2D eigenvalue weighted by Gasteiger charge is 2.18. The van der Waals surface area contributed by atoms with Gasteiger partial charge >= 0.3 is 0 Å². The first-order chi connectivity index (χ1) is 15.0. The molecule has 31 heavy (non-hydrogen) atoms. The molecule has 0 unspecified atom stereocenters. The quantitative estimate of drug-likeness (QED) is 0.441. The van der Waals surface area contributed by atoms with Gasteiger partial charge in [-0.05, 0) is 17.7 Å². The van der Waals surface area contributed by atoms with Gasteiger partial charge in [0.25, 0.3) is 0 Å². The van der Waals surface area contributed by atoms with Gasteiger partial charge in [-0.3, -0.25) is 0 Å². The van der Waals surface area contributed by atoms with Gasteiger partial charge in [-0.25, -0.2) is 18.5 Å². The number of hydrogen-bond acceptors (Lipinski definition) is 3. The lowest BCUT2D eigenvalue weighted by Crippen LogP contribution is -2.13. The van der Waals surface area contributed by atoms with Crippen molar-refractivity contribution in [3.05, 3.63) is 103 Å². The molecule has 3 aromatic carbocycles. The fraction of sp³-hybridized carbons (Fsp3) is 0. The Bertz CT molecular complexity index is 1490. The second kappa shape index (κ2) is 7.50. The van der Waals surface area contributed by atoms with Crippen LogP contribution in [0.1, 0.15) is 0 Å². The molecule has 0 aliphatic rings. The standard InChI is InChI=1S/C25H19N3O2S/c26-31(29,30)24-14-8-7-13-21(24)20-15-22(18-9-3-1-4-10-18)25-27-23(17-28(25)16-20)19-11-5-2-6-12-19/h1-17H,(H2,26,29,30). The first-order valence-corrected chi connectivity index (χ1v) is 11.3. The Hall–Kier alpha value is -3.74. The summed E-state index contributed by atoms with van der Waals surface area (Å²) < 4.78 is 26.3. The Balaban J connectivity index is 1.81. The van der Waals surface area contributed by atoms with Gasteiger partial charge in [-0.2, -0.15) is 0 Å². The Labute approximate surface area is 180 Å². The van der Waals surface area contributed by atoms with Crippen molar-refractivity contribution >= 4 is 15.7 Å². The zero-order valence-corrected chi connectivity index (χ0v) is 17.3. The highest BCUT2D eigenvalue weighted by Crippen LogP contribution is 2.34. The van der Waals surface area contributed by atoms with E-state index in [1.165, 1.54) is 6.07 Å². The molecule has 0 bridgehead atoms. The van der Waals surface area contributed by atoms with Gasteiger partial charge in [-0.15, -0.1) is 0 Å². The summed E-state index contributed by atoms with van der Waals surface area (Å²) in [5, 5.41) is 5.49. The number of sulfonamides is 1. The summed E-state index contributed by atoms with van der Waals surface area (Å²) in [6, 6.07) is 28.6. The summed E-state index contributed by atoms with van der Waals surface area (Å²) >= 11 is 0. The van der Waals surface area contributed by atoms with Crippen molar-refractivity contribution in [2.75, 3.05) is 0 Å². The van der Waals surface area contributed by atoms with Crippen molar-refractivity contribution in [1.29, 1.82) is 0 Å². The number of nitrogens with two attached hydrogens (primary N) is 1. The van der Waals surface area contributed by atoms with Gasteiger partial charge < -0.3 is 4.40 Å². The summed E-state index contributed by atoms with van der Waals surface area (Å²) in [6.45, 7) is 0. The number of hydrogen-bond donors (Lipinski definition) is 1. The van der Waals surface area contributed by atoms with Gasteiger partial charge in [0.1, 0.15) is 5.65 Å². The first-order valence-electron chi connectivity index (χ1n) is 9.76. The third-order valence-electron chi connectivity index (χ3n) is 5.21. The zero-order valence-electron chi connectivity index (χ0n) is 16.5. The minimum Gasteiger partial charge on any atom is -0.305 e. The van der Waals surface area contributed by atoms with E-state index < -0.39 is 10.0 Å². The summed E-state index contributed by atoms with van der Waals surface area (Å²) in [7, 11) is -3.88. The summed E-state index contributed by atoms with van der Waals surface area (Å²) in [6.07, 6.45) is 3.85. The zero-order chi connectivity index (χ0) is 21.4. The van der Waals surface area contributed by atoms with Gasteiger partial charge in [-0.1, -0.05) is 78.9 Å². The highest BCUT2D eigenvalue weighted by molar-refractivity contribution is 7.89. The molecule has 2 N–H and O–H groups in total. The van der Waals surface area contributed by atoms with Gasteiger partial charge in [0, 0.05) is 34.6 Å². The molecule has 2 aromatic heterocycles. The first kappa shape index (κ1) is 19.2. The second-order valence-corrected chi connectivity index (χ2v) is 8.80. The molecule has 5 nitrogen and oxygen atoms in total. The van der Waals surface area contributed by atoms with E-state index in [2.05, 4.69) is 0 Å². The number of pyridine rings is 1. The molecular weight excluding hydrogens is 406 g/mol. The number of primary sulfonamides is 1. The van der Waals surface area contributed by atoms with E-state index in [0.717, 1.165) is 33.6 Å². The van der Waals surface area contributed by atoms with Gasteiger partial charge in [0.2, 0.25) is 10.0 Å². The number of fused-ring (bicyclic) bond motifs is 1. The van der Waals surface area contributed by atoms with Crippen molar-refractivity contribution in [2.24, 2.45) is 5.14 Å². The van der Waals surface area contributed by atoms with Crippen LogP contribution in [0.3, 0.4) is 0 Å². The predicted octanol–water partition coefficient (Wildman–Crippen LogP) is 4.98. The largest absolute Gasteiger partial charge is 0.305 e. The predicted molar refractivity (Wildman–Crippen MR) is 123 cm³/mol. The van der Waals surface area contributed by atoms with E-state index in [1.54, 1.807) is 18.2 Å². The van der Waals surface area contributed by atoms with Crippen LogP contribution in [0.15, 0.2) is 108 Å². The van der Waals surface area contributed by atoms with Crippen LogP contribution >= 0.6 is 0 Å². The number of rotatable bonds is 4. The van der Waals surface area contributed by atoms with Crippen molar-refractivity contribution in [3.8, 4) is 33.5 Å². The maximum atomic E-state index is 12.2. The molecule has 152 valence electrons. The Kier molecular flexibility index (Phi) is 4.66. The normalized spacial score (nSPS) is 11.6. The second-order valence-electron chi connectivity index (χ2n) is 7.27. The lowest BCUT2D eigenvalue weighted by atomic mass is 10.0. The average molecular weight is 426 g/mol. The van der Waals surface area contributed by atoms with E-state index in [0.29, 0.717) is 5.56 Å². The molecule has 0 saturated heterocycles. The van der Waals surface area contributed by atoms with Crippen LogP contribution in [-0.2, 0) is 10.0 Å². The van der Waals surface area contributed by atoms with Crippen LogP contribution in [0.5, 0.6) is 0 Å². The molecule has 0 spiro atoms. The van der Waals surface area contributed by atoms with Crippen LogP contribution in [-0.4, -0.2) is 17.8 Å². The lowest BCUT2D eigenvalue weighted by molar-refractivity contribution is 0.598. The molecule has 5 rings (SSSR count). The summed E-state index contributed by atoms with van der Waals surface area (Å²) in [5.41, 5.74) is 5.84. The molecule has 0 aliphatic carbocycles. The molecule has 0 radical (unpaired) electrons. The molecule has 0 aliphatic heterocycles. The van der Waals surface area contributed by atoms with Crippen molar-refractivity contribution < 1.29 is 8.42 Å². The summed E-state index contributed by atoms with van der Waals surface area (Å²) in [4.78, 5) is 4.98. The third kappa shape index (κ3) is 3.63. The van der Waals surface area contributed by atoms with Crippen LogP contribution in [0.4, 0.5) is 0 Å². The van der Waals surface area contributed by atoms with Crippen LogP contribution in [0.2, 0.25) is 0 Å². The summed E-state index contributed by atoms with van der Waals surface area (Å²) in [5.74, 6) is 0. The average Bonchev–Trinajstić information content (AvgIpc) is 3.23. The van der Waals surface area contributed by atoms with E-state index in [-0.39, 0.29) is 4.90 Å². The molecule has 0 fully saturated rings. The highest BCUT2D eigenvalue weighted by atomic mass is 32.2. The molecular formula is C25H19N3O2S. The smallest absolute Gasteiger partial charge is 0.238 e. The van der Waals surface area contributed by atoms with Crippen LogP contribution in [0, 0.1) is 0 Å². The number of aromatic nitrogens is 2. The van der Waals surface area contributed by atoms with Gasteiger partial charge in [0.15, 0.2) is 0 Å². The fourth-order valence-corrected chi connectivity index (χ4v) is 4.54. The van der Waals surface area contributed by atoms with Crippen LogP contribution in [0.25, 0.3) is 39.2 Å². The third-order valence-corrected chi connectivity index (χ3v) is 6.18.